The summed E-state index contributed by atoms with van der Waals surface area (Å²) in [5.74, 6) is 0. The van der Waals surface area contributed by atoms with E-state index in [1.165, 1.54) is 50.7 Å². The summed E-state index contributed by atoms with van der Waals surface area (Å²) < 4.78 is 0. The van der Waals surface area contributed by atoms with Crippen LogP contribution in [-0.4, -0.2) is 6.04 Å². The molecule has 3 aliphatic carbocycles. The van der Waals surface area contributed by atoms with Crippen molar-refractivity contribution in [3.63, 3.8) is 0 Å². The zero-order chi connectivity index (χ0) is 27.3. The predicted molar refractivity (Wildman–Crippen MR) is 172 cm³/mol. The van der Waals surface area contributed by atoms with Crippen LogP contribution in [0.3, 0.4) is 0 Å². The summed E-state index contributed by atoms with van der Waals surface area (Å²) in [5.41, 5.74) is 11.6. The molecule has 1 unspecified atom stereocenters. The number of benzene rings is 3. The minimum absolute atomic E-state index is 0.350. The maximum atomic E-state index is 2.54. The summed E-state index contributed by atoms with van der Waals surface area (Å²) in [4.78, 5) is 4.91. The second-order valence-corrected chi connectivity index (χ2v) is 11.0. The smallest absolute Gasteiger partial charge is 0.0556 e. The first-order valence-corrected chi connectivity index (χ1v) is 14.6. The lowest BCUT2D eigenvalue weighted by molar-refractivity contribution is 0.722. The minimum atomic E-state index is 0.350. The van der Waals surface area contributed by atoms with Gasteiger partial charge < -0.3 is 9.80 Å². The summed E-state index contributed by atoms with van der Waals surface area (Å²) >= 11 is 0. The Hall–Kier alpha value is -4.30. The molecule has 0 spiro atoms. The Morgan fingerprint density at radius 3 is 2.15 bits per heavy atom. The number of rotatable bonds is 7. The van der Waals surface area contributed by atoms with Gasteiger partial charge in [0.05, 0.1) is 6.04 Å². The van der Waals surface area contributed by atoms with Gasteiger partial charge in [-0.1, -0.05) is 84.5 Å². The summed E-state index contributed by atoms with van der Waals surface area (Å²) in [7, 11) is 0. The average molecular weight is 523 g/mol. The third-order valence-corrected chi connectivity index (χ3v) is 8.03. The highest BCUT2D eigenvalue weighted by Gasteiger charge is 2.23. The first kappa shape index (κ1) is 26.0. The highest BCUT2D eigenvalue weighted by atomic mass is 15.2. The van der Waals surface area contributed by atoms with Crippen LogP contribution in [0, 0.1) is 13.8 Å². The van der Waals surface area contributed by atoms with Gasteiger partial charge in [0, 0.05) is 28.5 Å². The Bertz CT molecular complexity index is 1530. The zero-order valence-electron chi connectivity index (χ0n) is 23.6. The fourth-order valence-electron chi connectivity index (χ4n) is 5.91. The molecular formula is C38H38N2. The lowest BCUT2D eigenvalue weighted by Crippen LogP contribution is -2.34. The molecule has 0 saturated carbocycles. The number of nitrogens with zero attached hydrogens (tertiary/aromatic N) is 2. The molecule has 0 radical (unpaired) electrons. The van der Waals surface area contributed by atoms with Crippen LogP contribution in [0.2, 0.25) is 0 Å². The number of hydrogen-bond acceptors (Lipinski definition) is 2. The molecule has 3 aliphatic rings. The van der Waals surface area contributed by atoms with Gasteiger partial charge >= 0.3 is 0 Å². The molecule has 0 heterocycles. The molecule has 0 saturated heterocycles. The Kier molecular flexibility index (Phi) is 7.68. The molecule has 0 amide bonds. The van der Waals surface area contributed by atoms with Crippen molar-refractivity contribution in [3.8, 4) is 0 Å². The van der Waals surface area contributed by atoms with Gasteiger partial charge in [0.1, 0.15) is 0 Å². The van der Waals surface area contributed by atoms with Crippen LogP contribution >= 0.6 is 0 Å². The van der Waals surface area contributed by atoms with Crippen LogP contribution in [0.25, 0.3) is 5.57 Å². The molecule has 3 aromatic carbocycles. The lowest BCUT2D eigenvalue weighted by atomic mass is 9.93. The van der Waals surface area contributed by atoms with Gasteiger partial charge in [0.25, 0.3) is 0 Å². The van der Waals surface area contributed by atoms with Crippen LogP contribution < -0.4 is 9.80 Å². The first-order chi connectivity index (χ1) is 19.7. The van der Waals surface area contributed by atoms with Crippen LogP contribution in [-0.2, 0) is 0 Å². The Morgan fingerprint density at radius 2 is 1.50 bits per heavy atom. The van der Waals surface area contributed by atoms with E-state index in [0.29, 0.717) is 6.04 Å². The van der Waals surface area contributed by atoms with Crippen molar-refractivity contribution < 1.29 is 0 Å². The van der Waals surface area contributed by atoms with Gasteiger partial charge in [-0.2, -0.15) is 0 Å². The molecule has 200 valence electrons. The van der Waals surface area contributed by atoms with E-state index in [0.717, 1.165) is 32.1 Å². The molecule has 0 fully saturated rings. The van der Waals surface area contributed by atoms with Crippen molar-refractivity contribution >= 4 is 22.6 Å². The number of aryl methyl sites for hydroxylation is 2. The second-order valence-electron chi connectivity index (χ2n) is 11.0. The highest BCUT2D eigenvalue weighted by Crippen LogP contribution is 2.36. The van der Waals surface area contributed by atoms with Crippen molar-refractivity contribution in [1.82, 2.24) is 0 Å². The molecule has 6 rings (SSSR count). The standard InChI is InChI=1S/C38H38N2/c1-29-16-22-35(23-17-29)39(33-11-5-3-6-12-33)36-24-18-31(19-25-36)32-20-26-37(27-21-32)40(34-13-7-4-8-14-34)38-15-9-10-30(2)28-38/h4-5,7-13,15-20,22-26,28,34H,3,6,14,21,27H2,1-2H3. The van der Waals surface area contributed by atoms with Crippen LogP contribution in [0.5, 0.6) is 0 Å². The van der Waals surface area contributed by atoms with Gasteiger partial charge in [-0.15, -0.1) is 0 Å². The van der Waals surface area contributed by atoms with Crippen molar-refractivity contribution in [1.29, 1.82) is 0 Å². The van der Waals surface area contributed by atoms with Crippen LogP contribution in [0.4, 0.5) is 17.1 Å². The maximum Gasteiger partial charge on any atom is 0.0556 e. The van der Waals surface area contributed by atoms with Crippen molar-refractivity contribution in [3.05, 3.63) is 156 Å². The number of hydrogen-bond donors (Lipinski definition) is 0. The zero-order valence-corrected chi connectivity index (χ0v) is 23.6. The van der Waals surface area contributed by atoms with E-state index in [1.807, 2.05) is 0 Å². The van der Waals surface area contributed by atoms with Crippen molar-refractivity contribution in [2.24, 2.45) is 0 Å². The highest BCUT2D eigenvalue weighted by molar-refractivity contribution is 5.75. The maximum absolute atomic E-state index is 2.54. The quantitative estimate of drug-likeness (QED) is 0.304. The molecule has 1 atom stereocenters. The summed E-state index contributed by atoms with van der Waals surface area (Å²) in [6.45, 7) is 4.32. The topological polar surface area (TPSA) is 6.48 Å². The molecule has 3 aromatic rings. The van der Waals surface area contributed by atoms with Crippen LogP contribution in [0.15, 0.2) is 139 Å². The first-order valence-electron chi connectivity index (χ1n) is 14.6. The molecule has 0 bridgehead atoms. The SMILES string of the molecule is Cc1ccc(N(C2=CCCC=C2)c2ccc(C3=CC=C(N(c4cccc(C)c4)C4C=CC=CC4)CC3)cc2)cc1. The monoisotopic (exact) mass is 522 g/mol. The largest absolute Gasteiger partial charge is 0.338 e. The molecule has 40 heavy (non-hydrogen) atoms. The van der Waals surface area contributed by atoms with Gasteiger partial charge in [-0.3, -0.25) is 0 Å². The van der Waals surface area contributed by atoms with Crippen molar-refractivity contribution in [2.75, 3.05) is 9.80 Å². The van der Waals surface area contributed by atoms with E-state index in [2.05, 4.69) is 151 Å². The van der Waals surface area contributed by atoms with Crippen molar-refractivity contribution in [2.45, 2.75) is 52.0 Å². The normalized spacial score (nSPS) is 18.1. The Balaban J connectivity index is 1.28. The summed E-state index contributed by atoms with van der Waals surface area (Å²) in [6.07, 6.45) is 25.8. The van der Waals surface area contributed by atoms with E-state index >= 15 is 0 Å². The van der Waals surface area contributed by atoms with E-state index in [1.54, 1.807) is 0 Å². The predicted octanol–water partition coefficient (Wildman–Crippen LogP) is 10.1. The molecular weight excluding hydrogens is 484 g/mol. The fraction of sp³-hybridized carbons (Fsp3) is 0.211. The number of allylic oxidation sites excluding steroid dienone is 9. The van der Waals surface area contributed by atoms with Crippen LogP contribution in [0.1, 0.15) is 48.8 Å². The number of anilines is 3. The average Bonchev–Trinajstić information content (AvgIpc) is 3.00. The molecule has 2 heteroatoms. The minimum Gasteiger partial charge on any atom is -0.338 e. The second kappa shape index (κ2) is 11.8. The third kappa shape index (κ3) is 5.67. The molecule has 0 aliphatic heterocycles. The lowest BCUT2D eigenvalue weighted by Gasteiger charge is -2.36. The third-order valence-electron chi connectivity index (χ3n) is 8.03. The Labute approximate surface area is 239 Å². The van der Waals surface area contributed by atoms with E-state index in [-0.39, 0.29) is 0 Å². The van der Waals surface area contributed by atoms with Gasteiger partial charge in [-0.05, 0) is 111 Å². The summed E-state index contributed by atoms with van der Waals surface area (Å²) in [5, 5.41) is 0. The summed E-state index contributed by atoms with van der Waals surface area (Å²) in [6, 6.07) is 27.2. The molecule has 0 N–H and O–H groups in total. The fourth-order valence-corrected chi connectivity index (χ4v) is 5.91. The van der Waals surface area contributed by atoms with Gasteiger partial charge in [0.2, 0.25) is 0 Å². The van der Waals surface area contributed by atoms with Gasteiger partial charge in [-0.25, -0.2) is 0 Å². The van der Waals surface area contributed by atoms with E-state index in [4.69, 9.17) is 0 Å². The Morgan fingerprint density at radius 1 is 0.700 bits per heavy atom. The van der Waals surface area contributed by atoms with E-state index < -0.39 is 0 Å². The van der Waals surface area contributed by atoms with E-state index in [9.17, 15) is 0 Å². The molecule has 0 aromatic heterocycles. The van der Waals surface area contributed by atoms with Gasteiger partial charge in [0.15, 0.2) is 0 Å². The molecule has 2 nitrogen and oxygen atoms in total.